The van der Waals surface area contributed by atoms with Gasteiger partial charge in [-0.15, -0.1) is 0 Å². The molecule has 1 amide bonds. The first-order valence-electron chi connectivity index (χ1n) is 6.15. The largest absolute Gasteiger partial charge is 0.352 e. The zero-order valence-electron chi connectivity index (χ0n) is 10.8. The highest BCUT2D eigenvalue weighted by atomic mass is 79.9. The lowest BCUT2D eigenvalue weighted by atomic mass is 10.1. The van der Waals surface area contributed by atoms with E-state index in [1.54, 1.807) is 13.0 Å². The van der Waals surface area contributed by atoms with Crippen LogP contribution >= 0.6 is 15.9 Å². The minimum absolute atomic E-state index is 0.0514. The molecule has 0 bridgehead atoms. The molecule has 0 atom stereocenters. The lowest BCUT2D eigenvalue weighted by molar-refractivity contribution is -0.384. The van der Waals surface area contributed by atoms with Gasteiger partial charge >= 0.3 is 0 Å². The van der Waals surface area contributed by atoms with E-state index in [-0.39, 0.29) is 11.6 Å². The van der Waals surface area contributed by atoms with Crippen LogP contribution in [0.1, 0.15) is 35.2 Å². The van der Waals surface area contributed by atoms with Gasteiger partial charge in [-0.25, -0.2) is 0 Å². The number of unbranched alkanes of at least 4 members (excludes halogenated alkanes) is 2. The molecule has 6 heteroatoms. The molecule has 5 nitrogen and oxygen atoms in total. The first-order chi connectivity index (χ1) is 9.04. The smallest absolute Gasteiger partial charge is 0.270 e. The number of benzene rings is 1. The topological polar surface area (TPSA) is 72.2 Å². The van der Waals surface area contributed by atoms with Crippen LogP contribution in [0.15, 0.2) is 18.2 Å². The predicted octanol–water partition coefficient (Wildman–Crippen LogP) is 3.20. The Hall–Kier alpha value is -1.43. The molecule has 0 heterocycles. The number of amides is 1. The van der Waals surface area contributed by atoms with Gasteiger partial charge in [-0.3, -0.25) is 14.9 Å². The predicted molar refractivity (Wildman–Crippen MR) is 77.8 cm³/mol. The van der Waals surface area contributed by atoms with Gasteiger partial charge in [0.15, 0.2) is 0 Å². The van der Waals surface area contributed by atoms with E-state index in [2.05, 4.69) is 21.2 Å². The number of carbonyl (C=O) groups is 1. The fourth-order valence-corrected chi connectivity index (χ4v) is 2.10. The lowest BCUT2D eigenvalue weighted by Gasteiger charge is -2.05. The molecule has 104 valence electrons. The Morgan fingerprint density at radius 2 is 2.05 bits per heavy atom. The van der Waals surface area contributed by atoms with E-state index in [9.17, 15) is 14.9 Å². The molecule has 19 heavy (non-hydrogen) atoms. The minimum Gasteiger partial charge on any atom is -0.352 e. The number of hydrogen-bond donors (Lipinski definition) is 1. The number of nitro groups is 1. The molecule has 0 saturated heterocycles. The second-order valence-corrected chi connectivity index (χ2v) is 5.11. The van der Waals surface area contributed by atoms with Crippen LogP contribution in [0.5, 0.6) is 0 Å². The maximum absolute atomic E-state index is 11.9. The van der Waals surface area contributed by atoms with Crippen molar-refractivity contribution in [1.29, 1.82) is 0 Å². The van der Waals surface area contributed by atoms with Crippen molar-refractivity contribution in [1.82, 2.24) is 5.32 Å². The van der Waals surface area contributed by atoms with E-state index >= 15 is 0 Å². The zero-order valence-corrected chi connectivity index (χ0v) is 12.4. The number of carbonyl (C=O) groups excluding carboxylic acids is 1. The third-order valence-electron chi connectivity index (χ3n) is 2.63. The molecule has 0 aliphatic heterocycles. The van der Waals surface area contributed by atoms with E-state index in [4.69, 9.17) is 0 Å². The molecule has 0 unspecified atom stereocenters. The normalized spacial score (nSPS) is 10.2. The molecular weight excluding hydrogens is 312 g/mol. The number of nitro benzene ring substituents is 1. The summed E-state index contributed by atoms with van der Waals surface area (Å²) in [5.41, 5.74) is 0.996. The number of nitrogens with zero attached hydrogens (tertiary/aromatic N) is 1. The van der Waals surface area contributed by atoms with E-state index in [1.165, 1.54) is 12.1 Å². The number of aryl methyl sites for hydroxylation is 1. The Kier molecular flexibility index (Phi) is 6.49. The van der Waals surface area contributed by atoms with Crippen molar-refractivity contribution in [3.8, 4) is 0 Å². The maximum Gasteiger partial charge on any atom is 0.270 e. The third kappa shape index (κ3) is 5.38. The highest BCUT2D eigenvalue weighted by Gasteiger charge is 2.12. The molecule has 1 N–H and O–H groups in total. The zero-order chi connectivity index (χ0) is 14.3. The van der Waals surface area contributed by atoms with E-state index in [0.29, 0.717) is 17.7 Å². The van der Waals surface area contributed by atoms with Gasteiger partial charge in [0.05, 0.1) is 4.92 Å². The molecule has 0 fully saturated rings. The van der Waals surface area contributed by atoms with Gasteiger partial charge in [0, 0.05) is 29.6 Å². The molecule has 1 aromatic carbocycles. The van der Waals surface area contributed by atoms with Gasteiger partial charge in [-0.1, -0.05) is 22.4 Å². The van der Waals surface area contributed by atoms with Crippen LogP contribution in [0.3, 0.4) is 0 Å². The molecule has 0 saturated carbocycles. The number of nitrogens with one attached hydrogen (secondary N) is 1. The molecule has 1 aromatic rings. The van der Waals surface area contributed by atoms with Gasteiger partial charge in [-0.05, 0) is 31.4 Å². The number of alkyl halides is 1. The van der Waals surface area contributed by atoms with Crippen molar-refractivity contribution in [2.45, 2.75) is 26.2 Å². The SMILES string of the molecule is Cc1cc(C(=O)NCCCCCBr)cc([N+](=O)[O-])c1. The summed E-state index contributed by atoms with van der Waals surface area (Å²) in [6.07, 6.45) is 3.02. The molecule has 0 aromatic heterocycles. The van der Waals surface area contributed by atoms with Crippen molar-refractivity contribution in [3.05, 3.63) is 39.4 Å². The molecule has 0 radical (unpaired) electrons. The van der Waals surface area contributed by atoms with Gasteiger partial charge in [-0.2, -0.15) is 0 Å². The Morgan fingerprint density at radius 3 is 2.68 bits per heavy atom. The third-order valence-corrected chi connectivity index (χ3v) is 3.19. The quantitative estimate of drug-likeness (QED) is 0.361. The van der Waals surface area contributed by atoms with Crippen molar-refractivity contribution in [2.75, 3.05) is 11.9 Å². The first kappa shape index (κ1) is 15.6. The highest BCUT2D eigenvalue weighted by Crippen LogP contribution is 2.16. The maximum atomic E-state index is 11.9. The van der Waals surface area contributed by atoms with Gasteiger partial charge in [0.1, 0.15) is 0 Å². The average Bonchev–Trinajstić information content (AvgIpc) is 2.37. The molecule has 0 spiro atoms. The summed E-state index contributed by atoms with van der Waals surface area (Å²) in [5.74, 6) is -0.259. The minimum atomic E-state index is -0.486. The van der Waals surface area contributed by atoms with Gasteiger partial charge in [0.25, 0.3) is 11.6 Å². The van der Waals surface area contributed by atoms with Gasteiger partial charge < -0.3 is 5.32 Å². The van der Waals surface area contributed by atoms with Crippen molar-refractivity contribution < 1.29 is 9.72 Å². The first-order valence-corrected chi connectivity index (χ1v) is 7.27. The summed E-state index contributed by atoms with van der Waals surface area (Å²) in [6, 6.07) is 4.41. The van der Waals surface area contributed by atoms with Crippen LogP contribution in [0.4, 0.5) is 5.69 Å². The number of halogens is 1. The second-order valence-electron chi connectivity index (χ2n) is 4.32. The molecule has 0 aliphatic rings. The monoisotopic (exact) mass is 328 g/mol. The summed E-state index contributed by atoms with van der Waals surface area (Å²) in [5, 5.41) is 14.5. The van der Waals surface area contributed by atoms with Crippen LogP contribution < -0.4 is 5.32 Å². The van der Waals surface area contributed by atoms with Crippen LogP contribution in [0, 0.1) is 17.0 Å². The van der Waals surface area contributed by atoms with Crippen LogP contribution in [0.25, 0.3) is 0 Å². The Bertz CT molecular complexity index is 463. The van der Waals surface area contributed by atoms with E-state index in [0.717, 1.165) is 24.6 Å². The lowest BCUT2D eigenvalue weighted by Crippen LogP contribution is -2.24. The van der Waals surface area contributed by atoms with Crippen LogP contribution in [-0.4, -0.2) is 22.7 Å². The molecular formula is C13H17BrN2O3. The molecule has 0 aliphatic carbocycles. The second kappa shape index (κ2) is 7.89. The Balaban J connectivity index is 2.59. The van der Waals surface area contributed by atoms with Crippen molar-refractivity contribution in [3.63, 3.8) is 0 Å². The van der Waals surface area contributed by atoms with Crippen molar-refractivity contribution in [2.24, 2.45) is 0 Å². The number of hydrogen-bond acceptors (Lipinski definition) is 3. The Morgan fingerprint density at radius 1 is 1.32 bits per heavy atom. The van der Waals surface area contributed by atoms with Crippen molar-refractivity contribution >= 4 is 27.5 Å². The molecule has 1 rings (SSSR count). The van der Waals surface area contributed by atoms with Crippen LogP contribution in [-0.2, 0) is 0 Å². The number of non-ortho nitro benzene ring substituents is 1. The standard InChI is InChI=1S/C13H17BrN2O3/c1-10-7-11(9-12(8-10)16(18)19)13(17)15-6-4-2-3-5-14/h7-9H,2-6H2,1H3,(H,15,17). The summed E-state index contributed by atoms with van der Waals surface area (Å²) >= 11 is 3.35. The summed E-state index contributed by atoms with van der Waals surface area (Å²) < 4.78 is 0. The highest BCUT2D eigenvalue weighted by molar-refractivity contribution is 9.09. The van der Waals surface area contributed by atoms with E-state index in [1.807, 2.05) is 0 Å². The Labute approximate surface area is 120 Å². The van der Waals surface area contributed by atoms with Gasteiger partial charge in [0.2, 0.25) is 0 Å². The summed E-state index contributed by atoms with van der Waals surface area (Å²) in [7, 11) is 0. The summed E-state index contributed by atoms with van der Waals surface area (Å²) in [6.45, 7) is 2.33. The number of rotatable bonds is 7. The average molecular weight is 329 g/mol. The van der Waals surface area contributed by atoms with Crippen LogP contribution in [0.2, 0.25) is 0 Å². The van der Waals surface area contributed by atoms with E-state index < -0.39 is 4.92 Å². The fraction of sp³-hybridized carbons (Fsp3) is 0.462. The fourth-order valence-electron chi connectivity index (χ4n) is 1.70. The summed E-state index contributed by atoms with van der Waals surface area (Å²) in [4.78, 5) is 22.1.